The number of benzene rings is 1. The van der Waals surface area contributed by atoms with Crippen molar-refractivity contribution in [2.45, 2.75) is 51.6 Å². The Morgan fingerprint density at radius 3 is 2.46 bits per heavy atom. The number of sulfonamides is 1. The average molecular weight is 426 g/mol. The molecule has 1 atom stereocenters. The van der Waals surface area contributed by atoms with Crippen LogP contribution in [0.15, 0.2) is 23.1 Å². The Bertz CT molecular complexity index is 1120. The maximum atomic E-state index is 13.1. The predicted octanol–water partition coefficient (Wildman–Crippen LogP) is 2.30. The van der Waals surface area contributed by atoms with Crippen LogP contribution in [-0.2, 0) is 26.4 Å². The van der Waals surface area contributed by atoms with Crippen LogP contribution in [0.1, 0.15) is 40.5 Å². The van der Waals surface area contributed by atoms with Crippen LogP contribution in [-0.4, -0.2) is 49.5 Å². The summed E-state index contributed by atoms with van der Waals surface area (Å²) in [6.07, 6.45) is 0.542. The zero-order chi connectivity index (χ0) is 20.9. The summed E-state index contributed by atoms with van der Waals surface area (Å²) in [4.78, 5) is 0.296. The minimum absolute atomic E-state index is 0.0884. The molecule has 1 aliphatic heterocycles. The average Bonchev–Trinajstić information content (AvgIpc) is 3.07. The minimum Gasteiger partial charge on any atom is -0.265 e. The van der Waals surface area contributed by atoms with E-state index in [0.717, 1.165) is 22.5 Å². The number of aromatic nitrogens is 2. The SMILES string of the molecule is Cc1ccc(S(=O)(=O)N(C)Cc2c(C)nn([C@H]3CCS(=O)(=O)C3)c2C)c(C)c1. The largest absolute Gasteiger partial charge is 0.265 e. The second kappa shape index (κ2) is 7.27. The van der Waals surface area contributed by atoms with Gasteiger partial charge < -0.3 is 0 Å². The quantitative estimate of drug-likeness (QED) is 0.733. The molecule has 0 unspecified atom stereocenters. The Morgan fingerprint density at radius 2 is 1.89 bits per heavy atom. The molecule has 0 radical (unpaired) electrons. The van der Waals surface area contributed by atoms with E-state index >= 15 is 0 Å². The molecule has 1 saturated heterocycles. The summed E-state index contributed by atoms with van der Waals surface area (Å²) in [6.45, 7) is 7.62. The fourth-order valence-corrected chi connectivity index (χ4v) is 6.85. The first-order chi connectivity index (χ1) is 12.9. The first-order valence-electron chi connectivity index (χ1n) is 9.21. The van der Waals surface area contributed by atoms with Gasteiger partial charge in [-0.1, -0.05) is 17.7 Å². The van der Waals surface area contributed by atoms with E-state index in [-0.39, 0.29) is 24.1 Å². The molecule has 1 aromatic carbocycles. The summed E-state index contributed by atoms with van der Waals surface area (Å²) in [7, 11) is -5.11. The maximum absolute atomic E-state index is 13.1. The molecule has 9 heteroatoms. The number of hydrogen-bond donors (Lipinski definition) is 0. The van der Waals surface area contributed by atoms with Crippen molar-refractivity contribution < 1.29 is 16.8 Å². The van der Waals surface area contributed by atoms with Gasteiger partial charge in [0.15, 0.2) is 9.84 Å². The highest BCUT2D eigenvalue weighted by molar-refractivity contribution is 7.91. The molecule has 7 nitrogen and oxygen atoms in total. The van der Waals surface area contributed by atoms with Crippen molar-refractivity contribution in [1.29, 1.82) is 0 Å². The summed E-state index contributed by atoms with van der Waals surface area (Å²) >= 11 is 0. The molecular weight excluding hydrogens is 398 g/mol. The van der Waals surface area contributed by atoms with E-state index in [4.69, 9.17) is 0 Å². The predicted molar refractivity (Wildman–Crippen MR) is 109 cm³/mol. The van der Waals surface area contributed by atoms with E-state index in [1.165, 1.54) is 4.31 Å². The van der Waals surface area contributed by atoms with Crippen LogP contribution in [0.4, 0.5) is 0 Å². The molecule has 1 aromatic heterocycles. The first-order valence-corrected chi connectivity index (χ1v) is 12.5. The highest BCUT2D eigenvalue weighted by Gasteiger charge is 2.32. The molecule has 2 aromatic rings. The van der Waals surface area contributed by atoms with Gasteiger partial charge in [-0.25, -0.2) is 16.8 Å². The highest BCUT2D eigenvalue weighted by Crippen LogP contribution is 2.28. The molecule has 3 rings (SSSR count). The topological polar surface area (TPSA) is 89.3 Å². The lowest BCUT2D eigenvalue weighted by Crippen LogP contribution is -2.27. The Balaban J connectivity index is 1.89. The van der Waals surface area contributed by atoms with Crippen LogP contribution in [0.5, 0.6) is 0 Å². The van der Waals surface area contributed by atoms with Crippen LogP contribution < -0.4 is 0 Å². The fraction of sp³-hybridized carbons (Fsp3) is 0.526. The monoisotopic (exact) mass is 425 g/mol. The van der Waals surface area contributed by atoms with Crippen LogP contribution in [0.25, 0.3) is 0 Å². The van der Waals surface area contributed by atoms with Crippen molar-refractivity contribution >= 4 is 19.9 Å². The molecule has 154 valence electrons. The van der Waals surface area contributed by atoms with Crippen LogP contribution >= 0.6 is 0 Å². The van der Waals surface area contributed by atoms with E-state index in [9.17, 15) is 16.8 Å². The van der Waals surface area contributed by atoms with Crippen molar-refractivity contribution in [2.75, 3.05) is 18.6 Å². The second-order valence-electron chi connectivity index (χ2n) is 7.68. The molecule has 1 aliphatic rings. The van der Waals surface area contributed by atoms with Gasteiger partial charge in [-0.3, -0.25) is 4.68 Å². The summed E-state index contributed by atoms with van der Waals surface area (Å²) < 4.78 is 52.8. The van der Waals surface area contributed by atoms with E-state index in [0.29, 0.717) is 16.9 Å². The molecule has 0 aliphatic carbocycles. The van der Waals surface area contributed by atoms with Crippen molar-refractivity contribution in [3.63, 3.8) is 0 Å². The smallest absolute Gasteiger partial charge is 0.243 e. The van der Waals surface area contributed by atoms with Crippen molar-refractivity contribution in [3.8, 4) is 0 Å². The van der Waals surface area contributed by atoms with E-state index in [1.54, 1.807) is 30.8 Å². The zero-order valence-corrected chi connectivity index (χ0v) is 18.6. The van der Waals surface area contributed by atoms with Gasteiger partial charge in [0.05, 0.1) is 28.1 Å². The van der Waals surface area contributed by atoms with Crippen LogP contribution in [0.2, 0.25) is 0 Å². The molecule has 0 spiro atoms. The summed E-state index contributed by atoms with van der Waals surface area (Å²) in [6, 6.07) is 5.11. The normalized spacial score (nSPS) is 19.4. The molecule has 28 heavy (non-hydrogen) atoms. The molecule has 0 saturated carbocycles. The van der Waals surface area contributed by atoms with E-state index in [2.05, 4.69) is 5.10 Å². The molecule has 1 fully saturated rings. The Morgan fingerprint density at radius 1 is 1.21 bits per heavy atom. The lowest BCUT2D eigenvalue weighted by Gasteiger charge is -2.19. The summed E-state index contributed by atoms with van der Waals surface area (Å²) in [5.41, 5.74) is 4.10. The van der Waals surface area contributed by atoms with Gasteiger partial charge in [0.1, 0.15) is 0 Å². The van der Waals surface area contributed by atoms with Crippen molar-refractivity contribution in [3.05, 3.63) is 46.3 Å². The lowest BCUT2D eigenvalue weighted by molar-refractivity contribution is 0.461. The third kappa shape index (κ3) is 3.88. The van der Waals surface area contributed by atoms with Gasteiger partial charge in [-0.05, 0) is 45.7 Å². The first kappa shape index (κ1) is 21.0. The molecule has 0 bridgehead atoms. The van der Waals surface area contributed by atoms with Gasteiger partial charge in [-0.2, -0.15) is 9.40 Å². The van der Waals surface area contributed by atoms with Crippen LogP contribution in [0.3, 0.4) is 0 Å². The zero-order valence-electron chi connectivity index (χ0n) is 16.9. The molecule has 0 N–H and O–H groups in total. The number of hydrogen-bond acceptors (Lipinski definition) is 5. The number of sulfone groups is 1. The van der Waals surface area contributed by atoms with E-state index < -0.39 is 19.9 Å². The van der Waals surface area contributed by atoms with E-state index in [1.807, 2.05) is 26.8 Å². The van der Waals surface area contributed by atoms with Crippen LogP contribution in [0, 0.1) is 27.7 Å². The lowest BCUT2D eigenvalue weighted by atomic mass is 10.2. The summed E-state index contributed by atoms with van der Waals surface area (Å²) in [5.74, 6) is 0.261. The van der Waals surface area contributed by atoms with Crippen molar-refractivity contribution in [1.82, 2.24) is 14.1 Å². The molecule has 0 amide bonds. The standard InChI is InChI=1S/C19H27N3O4S2/c1-13-6-7-19(14(2)10-13)28(25,26)21(5)11-18-15(3)20-22(16(18)4)17-8-9-27(23,24)12-17/h6-7,10,17H,8-9,11-12H2,1-5H3/t17-/m0/s1. The third-order valence-electron chi connectivity index (χ3n) is 5.43. The number of rotatable bonds is 5. The maximum Gasteiger partial charge on any atom is 0.243 e. The van der Waals surface area contributed by atoms with Crippen molar-refractivity contribution in [2.24, 2.45) is 0 Å². The number of nitrogens with zero attached hydrogens (tertiary/aromatic N) is 3. The fourth-order valence-electron chi connectivity index (χ4n) is 3.81. The number of aryl methyl sites for hydroxylation is 3. The Kier molecular flexibility index (Phi) is 5.46. The third-order valence-corrected chi connectivity index (χ3v) is 9.14. The summed E-state index contributed by atoms with van der Waals surface area (Å²) in [5, 5.41) is 4.53. The van der Waals surface area contributed by atoms with Gasteiger partial charge in [-0.15, -0.1) is 0 Å². The molecule has 2 heterocycles. The van der Waals surface area contributed by atoms with Gasteiger partial charge in [0.25, 0.3) is 0 Å². The van der Waals surface area contributed by atoms with Gasteiger partial charge in [0.2, 0.25) is 10.0 Å². The van der Waals surface area contributed by atoms with Gasteiger partial charge >= 0.3 is 0 Å². The molecular formula is C19H27N3O4S2. The highest BCUT2D eigenvalue weighted by atomic mass is 32.2. The minimum atomic E-state index is -3.65. The Labute approximate surface area is 167 Å². The Hall–Kier alpha value is -1.71. The second-order valence-corrected chi connectivity index (χ2v) is 11.9. The van der Waals surface area contributed by atoms with Gasteiger partial charge in [0, 0.05) is 24.8 Å².